The van der Waals surface area contributed by atoms with Crippen molar-refractivity contribution in [2.24, 2.45) is 0 Å². The summed E-state index contributed by atoms with van der Waals surface area (Å²) in [6.45, 7) is 3.12. The molecule has 7 nitrogen and oxygen atoms in total. The molecule has 1 aliphatic heterocycles. The summed E-state index contributed by atoms with van der Waals surface area (Å²) in [5.41, 5.74) is 2.79. The van der Waals surface area contributed by atoms with Gasteiger partial charge in [-0.1, -0.05) is 23.2 Å². The van der Waals surface area contributed by atoms with Gasteiger partial charge in [-0.05, 0) is 38.1 Å². The number of hydrogen-bond donors (Lipinski definition) is 1. The predicted octanol–water partition coefficient (Wildman–Crippen LogP) is 4.38. The lowest BCUT2D eigenvalue weighted by molar-refractivity contribution is -0.122. The average molecular weight is 460 g/mol. The lowest BCUT2D eigenvalue weighted by Gasteiger charge is -2.24. The van der Waals surface area contributed by atoms with Crippen molar-refractivity contribution in [3.05, 3.63) is 64.2 Å². The molecule has 4 rings (SSSR count). The SMILES string of the molecule is Cc1cc2c(c(Cl)n1)-c1cncnc1C(C)C(=O)N2CC(=O)Nc1ccc(Cl)c(F)c1. The highest BCUT2D eigenvalue weighted by Gasteiger charge is 2.35. The van der Waals surface area contributed by atoms with E-state index in [2.05, 4.69) is 20.3 Å². The van der Waals surface area contributed by atoms with Crippen molar-refractivity contribution in [3.63, 3.8) is 0 Å². The second-order valence-corrected chi connectivity index (χ2v) is 7.86. The number of nitrogens with zero attached hydrogens (tertiary/aromatic N) is 4. The fourth-order valence-corrected chi connectivity index (χ4v) is 3.96. The standard InChI is InChI=1S/C21H16Cl2FN5O2/c1-10-5-16-18(20(23)27-10)13-7-25-9-26-19(13)11(2)21(31)29(16)8-17(30)28-12-3-4-14(22)15(24)6-12/h3-7,9,11H,8H2,1-2H3,(H,28,30). The van der Waals surface area contributed by atoms with Gasteiger partial charge in [-0.3, -0.25) is 9.59 Å². The van der Waals surface area contributed by atoms with Gasteiger partial charge in [0.1, 0.15) is 23.8 Å². The molecule has 0 spiro atoms. The van der Waals surface area contributed by atoms with Gasteiger partial charge >= 0.3 is 0 Å². The molecule has 3 aromatic rings. The molecule has 1 aromatic carbocycles. The van der Waals surface area contributed by atoms with Crippen molar-refractivity contribution in [2.75, 3.05) is 16.8 Å². The van der Waals surface area contributed by atoms with Crippen LogP contribution >= 0.6 is 23.2 Å². The first kappa shape index (κ1) is 21.1. The van der Waals surface area contributed by atoms with Crippen molar-refractivity contribution in [3.8, 4) is 11.1 Å². The van der Waals surface area contributed by atoms with Gasteiger partial charge in [0.2, 0.25) is 11.8 Å². The molecule has 0 saturated carbocycles. The molecule has 0 radical (unpaired) electrons. The summed E-state index contributed by atoms with van der Waals surface area (Å²) in [7, 11) is 0. The van der Waals surface area contributed by atoms with Crippen LogP contribution in [0.15, 0.2) is 36.8 Å². The number of nitrogens with one attached hydrogen (secondary N) is 1. The largest absolute Gasteiger partial charge is 0.324 e. The second kappa shape index (κ2) is 8.20. The fourth-order valence-electron chi connectivity index (χ4n) is 3.51. The Morgan fingerprint density at radius 1 is 1.29 bits per heavy atom. The Balaban J connectivity index is 1.75. The van der Waals surface area contributed by atoms with Crippen molar-refractivity contribution in [1.82, 2.24) is 15.0 Å². The maximum absolute atomic E-state index is 13.7. The zero-order valence-electron chi connectivity index (χ0n) is 16.5. The lowest BCUT2D eigenvalue weighted by atomic mass is 10.00. The maximum atomic E-state index is 13.7. The summed E-state index contributed by atoms with van der Waals surface area (Å²) < 4.78 is 13.7. The molecule has 0 bridgehead atoms. The Morgan fingerprint density at radius 2 is 2.06 bits per heavy atom. The summed E-state index contributed by atoms with van der Waals surface area (Å²) in [6, 6.07) is 5.60. The molecule has 31 heavy (non-hydrogen) atoms. The number of aromatic nitrogens is 3. The van der Waals surface area contributed by atoms with Gasteiger partial charge in [0.15, 0.2) is 0 Å². The highest BCUT2D eigenvalue weighted by atomic mass is 35.5. The van der Waals surface area contributed by atoms with Gasteiger partial charge in [0.25, 0.3) is 0 Å². The van der Waals surface area contributed by atoms with E-state index in [1.165, 1.54) is 23.4 Å². The number of carbonyl (C=O) groups excluding carboxylic acids is 2. The zero-order valence-corrected chi connectivity index (χ0v) is 18.0. The smallest absolute Gasteiger partial charge is 0.244 e. The summed E-state index contributed by atoms with van der Waals surface area (Å²) >= 11 is 12.1. The fraction of sp³-hybridized carbons (Fsp3) is 0.190. The number of carbonyl (C=O) groups is 2. The molecular weight excluding hydrogens is 444 g/mol. The van der Waals surface area contributed by atoms with E-state index in [0.717, 1.165) is 6.07 Å². The van der Waals surface area contributed by atoms with Crippen LogP contribution in [-0.2, 0) is 9.59 Å². The van der Waals surface area contributed by atoms with Gasteiger partial charge in [-0.25, -0.2) is 19.3 Å². The number of pyridine rings is 1. The molecule has 1 atom stereocenters. The number of rotatable bonds is 3. The molecule has 0 fully saturated rings. The summed E-state index contributed by atoms with van der Waals surface area (Å²) in [4.78, 5) is 40.1. The number of hydrogen-bond acceptors (Lipinski definition) is 5. The van der Waals surface area contributed by atoms with Crippen LogP contribution in [0.5, 0.6) is 0 Å². The van der Waals surface area contributed by atoms with Gasteiger partial charge in [0.05, 0.1) is 22.3 Å². The van der Waals surface area contributed by atoms with E-state index >= 15 is 0 Å². The van der Waals surface area contributed by atoms with Gasteiger partial charge in [-0.15, -0.1) is 0 Å². The number of benzene rings is 1. The lowest BCUT2D eigenvalue weighted by Crippen LogP contribution is -2.40. The van der Waals surface area contributed by atoms with E-state index in [1.54, 1.807) is 26.1 Å². The molecular formula is C21H16Cl2FN5O2. The van der Waals surface area contributed by atoms with Crippen LogP contribution in [-0.4, -0.2) is 33.3 Å². The molecule has 0 aliphatic carbocycles. The van der Waals surface area contributed by atoms with E-state index in [-0.39, 0.29) is 28.3 Å². The molecule has 1 unspecified atom stereocenters. The highest BCUT2D eigenvalue weighted by Crippen LogP contribution is 2.43. The van der Waals surface area contributed by atoms with E-state index < -0.39 is 17.6 Å². The third kappa shape index (κ3) is 3.96. The van der Waals surface area contributed by atoms with E-state index in [1.807, 2.05) is 0 Å². The minimum atomic E-state index is -0.660. The van der Waals surface area contributed by atoms with Crippen LogP contribution in [0.4, 0.5) is 15.8 Å². The molecule has 3 heterocycles. The quantitative estimate of drug-likeness (QED) is 0.587. The van der Waals surface area contributed by atoms with Crippen molar-refractivity contribution in [2.45, 2.75) is 19.8 Å². The van der Waals surface area contributed by atoms with Gasteiger partial charge in [-0.2, -0.15) is 0 Å². The number of halogens is 3. The second-order valence-electron chi connectivity index (χ2n) is 7.09. The molecule has 1 aliphatic rings. The number of anilines is 2. The topological polar surface area (TPSA) is 88.1 Å². The Labute approximate surface area is 187 Å². The van der Waals surface area contributed by atoms with Gasteiger partial charge < -0.3 is 10.2 Å². The van der Waals surface area contributed by atoms with Crippen molar-refractivity contribution in [1.29, 1.82) is 0 Å². The first-order valence-corrected chi connectivity index (χ1v) is 10.1. The normalized spacial score (nSPS) is 15.2. The molecule has 1 N–H and O–H groups in total. The first-order chi connectivity index (χ1) is 14.8. The van der Waals surface area contributed by atoms with Crippen LogP contribution < -0.4 is 10.2 Å². The number of fused-ring (bicyclic) bond motifs is 3. The number of amides is 2. The van der Waals surface area contributed by atoms with E-state index in [0.29, 0.717) is 28.2 Å². The Morgan fingerprint density at radius 3 is 2.81 bits per heavy atom. The predicted molar refractivity (Wildman–Crippen MR) is 116 cm³/mol. The summed E-state index contributed by atoms with van der Waals surface area (Å²) in [5, 5.41) is 2.71. The van der Waals surface area contributed by atoms with Crippen LogP contribution in [0.25, 0.3) is 11.1 Å². The Bertz CT molecular complexity index is 1220. The van der Waals surface area contributed by atoms with Crippen molar-refractivity contribution < 1.29 is 14.0 Å². The van der Waals surface area contributed by atoms with Crippen LogP contribution in [0.1, 0.15) is 24.2 Å². The number of aryl methyl sites for hydroxylation is 1. The maximum Gasteiger partial charge on any atom is 0.244 e. The monoisotopic (exact) mass is 459 g/mol. The third-order valence-corrected chi connectivity index (χ3v) is 5.52. The summed E-state index contributed by atoms with van der Waals surface area (Å²) in [6.07, 6.45) is 2.93. The average Bonchev–Trinajstić information content (AvgIpc) is 2.80. The molecule has 0 saturated heterocycles. The van der Waals surface area contributed by atoms with Gasteiger partial charge in [0, 0.05) is 28.7 Å². The van der Waals surface area contributed by atoms with E-state index in [9.17, 15) is 14.0 Å². The van der Waals surface area contributed by atoms with Crippen LogP contribution in [0, 0.1) is 12.7 Å². The van der Waals surface area contributed by atoms with Crippen LogP contribution in [0.3, 0.4) is 0 Å². The molecule has 10 heteroatoms. The molecule has 2 amide bonds. The van der Waals surface area contributed by atoms with Crippen LogP contribution in [0.2, 0.25) is 10.2 Å². The summed E-state index contributed by atoms with van der Waals surface area (Å²) in [5.74, 6) is -2.16. The van der Waals surface area contributed by atoms with E-state index in [4.69, 9.17) is 23.2 Å². The zero-order chi connectivity index (χ0) is 22.3. The first-order valence-electron chi connectivity index (χ1n) is 9.30. The highest BCUT2D eigenvalue weighted by molar-refractivity contribution is 6.33. The van der Waals surface area contributed by atoms with Crippen molar-refractivity contribution >= 4 is 46.4 Å². The minimum Gasteiger partial charge on any atom is -0.324 e. The third-order valence-electron chi connectivity index (χ3n) is 4.94. The molecule has 158 valence electrons. The molecule has 2 aromatic heterocycles. The minimum absolute atomic E-state index is 0.0556. The Hall–Kier alpha value is -3.10. The Kier molecular flexibility index (Phi) is 5.60.